The van der Waals surface area contributed by atoms with E-state index in [0.717, 1.165) is 11.3 Å². The molecule has 1 N–H and O–H groups in total. The fourth-order valence-corrected chi connectivity index (χ4v) is 2.36. The maximum atomic E-state index is 11.8. The summed E-state index contributed by atoms with van der Waals surface area (Å²) in [7, 11) is 2.91. The van der Waals surface area contributed by atoms with Crippen molar-refractivity contribution in [2.24, 2.45) is 0 Å². The number of hydrogen-bond acceptors (Lipinski definition) is 5. The highest BCUT2D eigenvalue weighted by molar-refractivity contribution is 6.30. The molecule has 5 nitrogen and oxygen atoms in total. The Morgan fingerprint density at radius 3 is 2.78 bits per heavy atom. The number of nitrogens with zero attached hydrogens (tertiary/aromatic N) is 1. The summed E-state index contributed by atoms with van der Waals surface area (Å²) in [5.74, 6) is 0.205. The van der Waals surface area contributed by atoms with Gasteiger partial charge in [-0.15, -0.1) is 0 Å². The van der Waals surface area contributed by atoms with Crippen LogP contribution < -0.4 is 10.1 Å². The summed E-state index contributed by atoms with van der Waals surface area (Å²) in [6.45, 7) is 4.22. The zero-order valence-electron chi connectivity index (χ0n) is 12.9. The zero-order valence-corrected chi connectivity index (χ0v) is 13.7. The molecule has 1 aromatic carbocycles. The summed E-state index contributed by atoms with van der Waals surface area (Å²) >= 11 is 6.00. The molecule has 23 heavy (non-hydrogen) atoms. The highest BCUT2D eigenvalue weighted by Gasteiger charge is 2.17. The molecule has 1 aromatic heterocycles. The summed E-state index contributed by atoms with van der Waals surface area (Å²) < 4.78 is 10.1. The van der Waals surface area contributed by atoms with Crippen LogP contribution in [0.5, 0.6) is 5.75 Å². The van der Waals surface area contributed by atoms with Crippen LogP contribution in [-0.2, 0) is 11.3 Å². The first-order chi connectivity index (χ1) is 11.1. The first kappa shape index (κ1) is 16.8. The highest BCUT2D eigenvalue weighted by Crippen LogP contribution is 2.26. The van der Waals surface area contributed by atoms with Gasteiger partial charge in [0.25, 0.3) is 0 Å². The van der Waals surface area contributed by atoms with Gasteiger partial charge in [0.2, 0.25) is 0 Å². The number of ether oxygens (including phenoxy) is 2. The Bertz CT molecular complexity index is 732. The van der Waals surface area contributed by atoms with Crippen LogP contribution in [0.3, 0.4) is 0 Å². The number of para-hydroxylation sites is 1. The van der Waals surface area contributed by atoms with Crippen molar-refractivity contribution in [3.05, 3.63) is 58.9 Å². The third-order valence-corrected chi connectivity index (χ3v) is 3.47. The number of rotatable bonds is 6. The number of nitrogens with one attached hydrogen (secondary N) is 1. The minimum absolute atomic E-state index is 0.123. The van der Waals surface area contributed by atoms with Gasteiger partial charge >= 0.3 is 5.97 Å². The van der Waals surface area contributed by atoms with Crippen molar-refractivity contribution < 1.29 is 14.3 Å². The molecule has 0 saturated heterocycles. The molecule has 0 fully saturated rings. The molecule has 0 unspecified atom stereocenters. The molecule has 0 aliphatic heterocycles. The van der Waals surface area contributed by atoms with Gasteiger partial charge in [0, 0.05) is 23.4 Å². The van der Waals surface area contributed by atoms with Gasteiger partial charge in [-0.25, -0.2) is 9.78 Å². The van der Waals surface area contributed by atoms with Gasteiger partial charge in [0.1, 0.15) is 10.9 Å². The minimum Gasteiger partial charge on any atom is -0.496 e. The van der Waals surface area contributed by atoms with Crippen LogP contribution in [0, 0.1) is 0 Å². The lowest BCUT2D eigenvalue weighted by Crippen LogP contribution is -2.10. The Balaban J connectivity index is 2.34. The summed E-state index contributed by atoms with van der Waals surface area (Å²) in [5, 5.41) is 3.42. The predicted molar refractivity (Wildman–Crippen MR) is 91.0 cm³/mol. The van der Waals surface area contributed by atoms with Gasteiger partial charge in [-0.3, -0.25) is 0 Å². The standard InChI is InChI=1S/C17H17ClN2O3/c1-4-12-13(9-15(18)20-16(12)17(21)23-3)19-10-11-7-5-6-8-14(11)22-2/h4-9H,1,10H2,2-3H3,(H,19,20). The fraction of sp³-hybridized carbons (Fsp3) is 0.176. The lowest BCUT2D eigenvalue weighted by atomic mass is 10.1. The number of methoxy groups -OCH3 is 2. The number of esters is 1. The second kappa shape index (κ2) is 7.65. The molecule has 2 aromatic rings. The molecule has 6 heteroatoms. The van der Waals surface area contributed by atoms with Crippen molar-refractivity contribution in [2.75, 3.05) is 19.5 Å². The second-order valence-electron chi connectivity index (χ2n) is 4.62. The summed E-state index contributed by atoms with van der Waals surface area (Å²) in [5.41, 5.74) is 2.28. The van der Waals surface area contributed by atoms with Crippen LogP contribution in [0.1, 0.15) is 21.6 Å². The zero-order chi connectivity index (χ0) is 16.8. The van der Waals surface area contributed by atoms with Crippen molar-refractivity contribution in [1.82, 2.24) is 4.98 Å². The number of anilines is 1. The van der Waals surface area contributed by atoms with E-state index in [4.69, 9.17) is 21.1 Å². The number of pyridine rings is 1. The van der Waals surface area contributed by atoms with Gasteiger partial charge in [-0.05, 0) is 12.1 Å². The van der Waals surface area contributed by atoms with Crippen molar-refractivity contribution in [1.29, 1.82) is 0 Å². The predicted octanol–water partition coefficient (Wildman–Crippen LogP) is 3.79. The van der Waals surface area contributed by atoms with Gasteiger partial charge in [0.15, 0.2) is 5.69 Å². The van der Waals surface area contributed by atoms with E-state index in [1.807, 2.05) is 24.3 Å². The maximum absolute atomic E-state index is 11.8. The highest BCUT2D eigenvalue weighted by atomic mass is 35.5. The largest absolute Gasteiger partial charge is 0.496 e. The van der Waals surface area contributed by atoms with Crippen LogP contribution in [-0.4, -0.2) is 25.2 Å². The quantitative estimate of drug-likeness (QED) is 0.644. The molecule has 120 valence electrons. The monoisotopic (exact) mass is 332 g/mol. The SMILES string of the molecule is C=Cc1c(NCc2ccccc2OC)cc(Cl)nc1C(=O)OC. The van der Waals surface area contributed by atoms with Crippen molar-refractivity contribution >= 4 is 29.3 Å². The Morgan fingerprint density at radius 2 is 2.13 bits per heavy atom. The summed E-state index contributed by atoms with van der Waals surface area (Å²) in [4.78, 5) is 15.9. The molecular weight excluding hydrogens is 316 g/mol. The van der Waals surface area contributed by atoms with E-state index in [1.165, 1.54) is 7.11 Å². The molecule has 0 spiro atoms. The van der Waals surface area contributed by atoms with Gasteiger partial charge in [0.05, 0.1) is 14.2 Å². The van der Waals surface area contributed by atoms with E-state index < -0.39 is 5.97 Å². The van der Waals surface area contributed by atoms with Crippen LogP contribution in [0.2, 0.25) is 5.15 Å². The molecule has 0 aliphatic carbocycles. The average molecular weight is 333 g/mol. The maximum Gasteiger partial charge on any atom is 0.357 e. The topological polar surface area (TPSA) is 60.5 Å². The Morgan fingerprint density at radius 1 is 1.39 bits per heavy atom. The third kappa shape index (κ3) is 3.81. The molecule has 0 aliphatic rings. The average Bonchev–Trinajstić information content (AvgIpc) is 2.58. The number of benzene rings is 1. The molecule has 0 radical (unpaired) electrons. The molecule has 0 saturated carbocycles. The van der Waals surface area contributed by atoms with Gasteiger partial charge < -0.3 is 14.8 Å². The van der Waals surface area contributed by atoms with E-state index in [-0.39, 0.29) is 10.8 Å². The van der Waals surface area contributed by atoms with Crippen LogP contribution in [0.25, 0.3) is 6.08 Å². The van der Waals surface area contributed by atoms with Gasteiger partial charge in [-0.2, -0.15) is 0 Å². The normalized spacial score (nSPS) is 10.0. The van der Waals surface area contributed by atoms with E-state index in [0.29, 0.717) is 17.8 Å². The Kier molecular flexibility index (Phi) is 5.60. The van der Waals surface area contributed by atoms with Crippen molar-refractivity contribution in [3.8, 4) is 5.75 Å². The van der Waals surface area contributed by atoms with E-state index in [2.05, 4.69) is 16.9 Å². The van der Waals surface area contributed by atoms with E-state index in [9.17, 15) is 4.79 Å². The number of carbonyl (C=O) groups is 1. The van der Waals surface area contributed by atoms with E-state index >= 15 is 0 Å². The lowest BCUT2D eigenvalue weighted by Gasteiger charge is -2.14. The lowest BCUT2D eigenvalue weighted by molar-refractivity contribution is 0.0594. The molecule has 0 atom stereocenters. The fourth-order valence-electron chi connectivity index (χ4n) is 2.17. The molecule has 0 bridgehead atoms. The van der Waals surface area contributed by atoms with Crippen LogP contribution in [0.15, 0.2) is 36.9 Å². The van der Waals surface area contributed by atoms with Gasteiger partial charge in [-0.1, -0.05) is 42.5 Å². The van der Waals surface area contributed by atoms with E-state index in [1.54, 1.807) is 19.3 Å². The smallest absolute Gasteiger partial charge is 0.357 e. The summed E-state index contributed by atoms with van der Waals surface area (Å²) in [6.07, 6.45) is 1.54. The number of halogens is 1. The first-order valence-corrected chi connectivity index (χ1v) is 7.25. The third-order valence-electron chi connectivity index (χ3n) is 3.27. The Labute approximate surface area is 139 Å². The number of aromatic nitrogens is 1. The summed E-state index contributed by atoms with van der Waals surface area (Å²) in [6, 6.07) is 9.29. The van der Waals surface area contributed by atoms with Crippen molar-refractivity contribution in [3.63, 3.8) is 0 Å². The van der Waals surface area contributed by atoms with Crippen molar-refractivity contribution in [2.45, 2.75) is 6.54 Å². The molecule has 0 amide bonds. The molecule has 1 heterocycles. The van der Waals surface area contributed by atoms with Crippen LogP contribution in [0.4, 0.5) is 5.69 Å². The van der Waals surface area contributed by atoms with Crippen LogP contribution >= 0.6 is 11.6 Å². The molecular formula is C17H17ClN2O3. The second-order valence-corrected chi connectivity index (χ2v) is 5.00. The Hall–Kier alpha value is -2.53. The number of hydrogen-bond donors (Lipinski definition) is 1. The first-order valence-electron chi connectivity index (χ1n) is 6.87. The number of carbonyl (C=O) groups excluding carboxylic acids is 1. The molecule has 2 rings (SSSR count). The minimum atomic E-state index is -0.567.